The second kappa shape index (κ2) is 4.72. The van der Waals surface area contributed by atoms with E-state index in [9.17, 15) is 5.11 Å². The van der Waals surface area contributed by atoms with Crippen molar-refractivity contribution >= 4 is 0 Å². The zero-order valence-electron chi connectivity index (χ0n) is 7.48. The van der Waals surface area contributed by atoms with Gasteiger partial charge in [0.25, 0.3) is 0 Å². The highest BCUT2D eigenvalue weighted by Crippen LogP contribution is 2.33. The second-order valence-corrected chi connectivity index (χ2v) is 3.34. The quantitative estimate of drug-likeness (QED) is 0.428. The first-order valence-corrected chi connectivity index (χ1v) is 4.46. The maximum atomic E-state index is 9.55. The molecule has 0 unspecified atom stereocenters. The maximum absolute atomic E-state index is 9.55. The van der Waals surface area contributed by atoms with Crippen molar-refractivity contribution in [1.82, 2.24) is 0 Å². The molecular weight excluding hydrogens is 172 g/mol. The van der Waals surface area contributed by atoms with Gasteiger partial charge in [0.15, 0.2) is 0 Å². The molecule has 4 N–H and O–H groups in total. The predicted molar refractivity (Wildman–Crippen MR) is 47.0 cm³/mol. The number of rotatable bonds is 4. The minimum Gasteiger partial charge on any atom is -0.396 e. The van der Waals surface area contributed by atoms with Gasteiger partial charge in [-0.25, -0.2) is 0 Å². The summed E-state index contributed by atoms with van der Waals surface area (Å²) in [6.45, 7) is -0.267. The molecule has 76 valence electrons. The van der Waals surface area contributed by atoms with Crippen molar-refractivity contribution in [2.45, 2.75) is 18.9 Å². The molecule has 0 amide bonds. The van der Waals surface area contributed by atoms with Gasteiger partial charge in [-0.05, 0) is 24.0 Å². The summed E-state index contributed by atoms with van der Waals surface area (Å²) in [4.78, 5) is 0. The summed E-state index contributed by atoms with van der Waals surface area (Å²) in [5.74, 6) is -0.183. The van der Waals surface area contributed by atoms with E-state index < -0.39 is 6.10 Å². The fourth-order valence-electron chi connectivity index (χ4n) is 1.92. The molecule has 0 radical (unpaired) electrons. The number of hydrogen-bond acceptors (Lipinski definition) is 4. The van der Waals surface area contributed by atoms with Gasteiger partial charge in [0.2, 0.25) is 0 Å². The summed E-state index contributed by atoms with van der Waals surface area (Å²) in [5.41, 5.74) is 1.41. The highest BCUT2D eigenvalue weighted by atomic mass is 16.3. The molecule has 0 aromatic carbocycles. The van der Waals surface area contributed by atoms with Crippen molar-refractivity contribution in [2.24, 2.45) is 5.92 Å². The van der Waals surface area contributed by atoms with Crippen LogP contribution < -0.4 is 0 Å². The molecule has 0 aromatic heterocycles. The average Bonchev–Trinajstić information content (AvgIpc) is 2.44. The zero-order chi connectivity index (χ0) is 9.84. The van der Waals surface area contributed by atoms with Gasteiger partial charge in [0.1, 0.15) is 0 Å². The predicted octanol–water partition coefficient (Wildman–Crippen LogP) is -0.969. The Morgan fingerprint density at radius 1 is 1.15 bits per heavy atom. The molecule has 1 aliphatic carbocycles. The highest BCUT2D eigenvalue weighted by molar-refractivity contribution is 5.26. The van der Waals surface area contributed by atoms with Gasteiger partial charge in [-0.15, -0.1) is 0 Å². The van der Waals surface area contributed by atoms with E-state index in [0.717, 1.165) is 0 Å². The summed E-state index contributed by atoms with van der Waals surface area (Å²) in [6.07, 6.45) is 0.300. The van der Waals surface area contributed by atoms with Crippen molar-refractivity contribution in [3.8, 4) is 0 Å². The monoisotopic (exact) mass is 188 g/mol. The van der Waals surface area contributed by atoms with Gasteiger partial charge < -0.3 is 20.4 Å². The van der Waals surface area contributed by atoms with Crippen molar-refractivity contribution in [2.75, 3.05) is 19.8 Å². The largest absolute Gasteiger partial charge is 0.396 e. The molecule has 1 rings (SSSR count). The Labute approximate surface area is 77.1 Å². The van der Waals surface area contributed by atoms with Crippen LogP contribution in [0.15, 0.2) is 11.1 Å². The molecule has 1 aliphatic rings. The van der Waals surface area contributed by atoms with Gasteiger partial charge in [0.05, 0.1) is 19.3 Å². The Morgan fingerprint density at radius 3 is 2.31 bits per heavy atom. The third-order valence-electron chi connectivity index (χ3n) is 2.62. The minimum absolute atomic E-state index is 0.00998. The topological polar surface area (TPSA) is 80.9 Å². The van der Waals surface area contributed by atoms with Crippen molar-refractivity contribution in [1.29, 1.82) is 0 Å². The van der Waals surface area contributed by atoms with E-state index in [4.69, 9.17) is 15.3 Å². The standard InChI is InChI=1S/C9H16O4/c10-2-1-7-8(5-12)6(4-11)3-9(7)13/h7,9-13H,1-5H2/t7-,9-/m1/s1. The van der Waals surface area contributed by atoms with Crippen LogP contribution in [0.2, 0.25) is 0 Å². The van der Waals surface area contributed by atoms with Crippen LogP contribution in [0.5, 0.6) is 0 Å². The average molecular weight is 188 g/mol. The van der Waals surface area contributed by atoms with Crippen LogP contribution >= 0.6 is 0 Å². The van der Waals surface area contributed by atoms with Gasteiger partial charge in [-0.2, -0.15) is 0 Å². The third kappa shape index (κ3) is 2.08. The van der Waals surface area contributed by atoms with Crippen molar-refractivity contribution in [3.05, 3.63) is 11.1 Å². The Morgan fingerprint density at radius 2 is 1.85 bits per heavy atom. The minimum atomic E-state index is -0.559. The normalized spacial score (nSPS) is 28.6. The number of aliphatic hydroxyl groups is 4. The van der Waals surface area contributed by atoms with Crippen LogP contribution in [-0.2, 0) is 0 Å². The van der Waals surface area contributed by atoms with E-state index in [0.29, 0.717) is 24.0 Å². The lowest BCUT2D eigenvalue weighted by atomic mass is 9.96. The molecule has 0 aromatic rings. The molecule has 0 saturated heterocycles. The SMILES string of the molecule is OCC[C@@H]1C(CO)=C(CO)C[C@H]1O. The summed E-state index contributed by atoms with van der Waals surface area (Å²) >= 11 is 0. The molecule has 0 aliphatic heterocycles. The van der Waals surface area contributed by atoms with E-state index in [1.54, 1.807) is 0 Å². The Bertz CT molecular complexity index is 200. The van der Waals surface area contributed by atoms with Gasteiger partial charge in [-0.3, -0.25) is 0 Å². The molecule has 0 spiro atoms. The fourth-order valence-corrected chi connectivity index (χ4v) is 1.92. The Kier molecular flexibility index (Phi) is 3.87. The van der Waals surface area contributed by atoms with Crippen LogP contribution in [0.25, 0.3) is 0 Å². The van der Waals surface area contributed by atoms with E-state index in [1.165, 1.54) is 0 Å². The summed E-state index contributed by atoms with van der Waals surface area (Å²) in [7, 11) is 0. The first-order valence-electron chi connectivity index (χ1n) is 4.46. The van der Waals surface area contributed by atoms with E-state index in [1.807, 2.05) is 0 Å². The summed E-state index contributed by atoms with van der Waals surface area (Å²) in [6, 6.07) is 0. The van der Waals surface area contributed by atoms with Crippen molar-refractivity contribution < 1.29 is 20.4 Å². The highest BCUT2D eigenvalue weighted by Gasteiger charge is 2.31. The molecular formula is C9H16O4. The van der Waals surface area contributed by atoms with E-state index in [-0.39, 0.29) is 25.7 Å². The zero-order valence-corrected chi connectivity index (χ0v) is 7.48. The van der Waals surface area contributed by atoms with Crippen LogP contribution in [0.3, 0.4) is 0 Å². The first-order chi connectivity index (χ1) is 6.24. The van der Waals surface area contributed by atoms with Crippen LogP contribution in [-0.4, -0.2) is 46.4 Å². The van der Waals surface area contributed by atoms with E-state index >= 15 is 0 Å². The fraction of sp³-hybridized carbons (Fsp3) is 0.778. The van der Waals surface area contributed by atoms with Gasteiger partial charge in [0, 0.05) is 12.5 Å². The molecule has 13 heavy (non-hydrogen) atoms. The Balaban J connectivity index is 2.75. The summed E-state index contributed by atoms with van der Waals surface area (Å²) < 4.78 is 0. The molecule has 0 fully saturated rings. The molecule has 0 saturated carbocycles. The molecule has 4 heteroatoms. The maximum Gasteiger partial charge on any atom is 0.0648 e. The second-order valence-electron chi connectivity index (χ2n) is 3.34. The summed E-state index contributed by atoms with van der Waals surface area (Å²) in [5, 5.41) is 36.2. The smallest absolute Gasteiger partial charge is 0.0648 e. The Hall–Kier alpha value is -0.420. The molecule has 0 bridgehead atoms. The number of aliphatic hydroxyl groups excluding tert-OH is 4. The van der Waals surface area contributed by atoms with Crippen molar-refractivity contribution in [3.63, 3.8) is 0 Å². The lowest BCUT2D eigenvalue weighted by molar-refractivity contribution is 0.114. The first kappa shape index (κ1) is 10.7. The van der Waals surface area contributed by atoms with Gasteiger partial charge >= 0.3 is 0 Å². The molecule has 0 heterocycles. The van der Waals surface area contributed by atoms with Crippen LogP contribution in [0, 0.1) is 5.92 Å². The lowest BCUT2D eigenvalue weighted by Crippen LogP contribution is -2.19. The van der Waals surface area contributed by atoms with Crippen LogP contribution in [0.4, 0.5) is 0 Å². The molecule has 4 nitrogen and oxygen atoms in total. The van der Waals surface area contributed by atoms with Crippen LogP contribution in [0.1, 0.15) is 12.8 Å². The van der Waals surface area contributed by atoms with E-state index in [2.05, 4.69) is 0 Å². The third-order valence-corrected chi connectivity index (χ3v) is 2.62. The lowest BCUT2D eigenvalue weighted by Gasteiger charge is -2.16. The number of hydrogen-bond donors (Lipinski definition) is 4. The molecule has 2 atom stereocenters. The van der Waals surface area contributed by atoms with Gasteiger partial charge in [-0.1, -0.05) is 0 Å².